The molecule has 0 aromatic rings. The molecule has 0 atom stereocenters. The van der Waals surface area contributed by atoms with Crippen LogP contribution in [-0.4, -0.2) is 61.7 Å². The van der Waals surface area contributed by atoms with Crippen LogP contribution in [0.15, 0.2) is 36.5 Å². The van der Waals surface area contributed by atoms with Gasteiger partial charge in [-0.1, -0.05) is 19.2 Å². The fourth-order valence-electron chi connectivity index (χ4n) is 0.746. The highest BCUT2D eigenvalue weighted by Crippen LogP contribution is 1.92. The van der Waals surface area contributed by atoms with Crippen molar-refractivity contribution in [1.82, 2.24) is 0 Å². The van der Waals surface area contributed by atoms with E-state index in [2.05, 4.69) is 27.4 Å². The zero-order valence-corrected chi connectivity index (χ0v) is 15.2. The largest absolute Gasteiger partial charge is 0.466 e. The van der Waals surface area contributed by atoms with Crippen LogP contribution in [0.5, 0.6) is 0 Å². The highest BCUT2D eigenvalue weighted by Gasteiger charge is 2.00. The van der Waals surface area contributed by atoms with Gasteiger partial charge in [0.2, 0.25) is 0 Å². The number of esters is 3. The Bertz CT molecular complexity index is 452. The van der Waals surface area contributed by atoms with Crippen molar-refractivity contribution in [2.24, 2.45) is 0 Å². The summed E-state index contributed by atoms with van der Waals surface area (Å²) >= 11 is 0. The van der Waals surface area contributed by atoms with Gasteiger partial charge in [-0.15, -0.1) is 0 Å². The molecule has 8 nitrogen and oxygen atoms in total. The third-order valence-corrected chi connectivity index (χ3v) is 2.12. The number of aliphatic hydroxyl groups is 2. The van der Waals surface area contributed by atoms with Gasteiger partial charge in [0.15, 0.2) is 0 Å². The zero-order valence-electron chi connectivity index (χ0n) is 15.2. The molecule has 0 rings (SSSR count). The molecule has 144 valence electrons. The van der Waals surface area contributed by atoms with E-state index in [4.69, 9.17) is 10.2 Å². The molecule has 25 heavy (non-hydrogen) atoms. The highest BCUT2D eigenvalue weighted by atomic mass is 16.5. The summed E-state index contributed by atoms with van der Waals surface area (Å²) in [6.45, 7) is 11.4. The molecule has 0 heterocycles. The number of allylic oxidation sites excluding steroid dienone is 1. The summed E-state index contributed by atoms with van der Waals surface area (Å²) in [6, 6.07) is 0. The third-order valence-electron chi connectivity index (χ3n) is 2.12. The van der Waals surface area contributed by atoms with Crippen molar-refractivity contribution in [3.8, 4) is 0 Å². The van der Waals surface area contributed by atoms with Crippen molar-refractivity contribution in [2.45, 2.75) is 20.8 Å². The summed E-state index contributed by atoms with van der Waals surface area (Å²) < 4.78 is 13.2. The molecule has 8 heteroatoms. The van der Waals surface area contributed by atoms with Crippen molar-refractivity contribution < 1.29 is 38.8 Å². The minimum atomic E-state index is -0.501. The number of carbonyl (C=O) groups excluding carboxylic acids is 3. The molecular formula is C17H28O8. The van der Waals surface area contributed by atoms with Crippen LogP contribution < -0.4 is 0 Å². The predicted octanol–water partition coefficient (Wildman–Crippen LogP) is 0.931. The monoisotopic (exact) mass is 360 g/mol. The van der Waals surface area contributed by atoms with Crippen molar-refractivity contribution in [3.05, 3.63) is 36.5 Å². The number of rotatable bonds is 7. The maximum absolute atomic E-state index is 10.5. The Kier molecular flexibility index (Phi) is 21.5. The number of methoxy groups -OCH3 is 1. The fourth-order valence-corrected chi connectivity index (χ4v) is 0.746. The SMILES string of the molecule is C=C(C)C(=O)OCCO.C=CC(=O)OCCO.CC=C(C)C(=O)OC. The Hall–Kier alpha value is -2.45. The van der Waals surface area contributed by atoms with Gasteiger partial charge in [-0.3, -0.25) is 0 Å². The van der Waals surface area contributed by atoms with Crippen LogP contribution in [0.3, 0.4) is 0 Å². The smallest absolute Gasteiger partial charge is 0.333 e. The maximum Gasteiger partial charge on any atom is 0.333 e. The predicted molar refractivity (Wildman–Crippen MR) is 92.5 cm³/mol. The number of hydrogen-bond donors (Lipinski definition) is 2. The van der Waals surface area contributed by atoms with Gasteiger partial charge in [0.25, 0.3) is 0 Å². The Balaban J connectivity index is -0.000000291. The number of carbonyl (C=O) groups is 3. The lowest BCUT2D eigenvalue weighted by atomic mass is 10.3. The first kappa shape index (κ1) is 27.4. The van der Waals surface area contributed by atoms with E-state index in [1.54, 1.807) is 26.8 Å². The van der Waals surface area contributed by atoms with E-state index in [9.17, 15) is 14.4 Å². The molecule has 2 N–H and O–H groups in total. The molecule has 0 spiro atoms. The summed E-state index contributed by atoms with van der Waals surface area (Å²) in [4.78, 5) is 31.0. The van der Waals surface area contributed by atoms with Gasteiger partial charge in [-0.2, -0.15) is 0 Å². The van der Waals surface area contributed by atoms with Gasteiger partial charge in [-0.25, -0.2) is 14.4 Å². The lowest BCUT2D eigenvalue weighted by molar-refractivity contribution is -0.140. The summed E-state index contributed by atoms with van der Waals surface area (Å²) in [5.41, 5.74) is 0.996. The summed E-state index contributed by atoms with van der Waals surface area (Å²) in [6.07, 6.45) is 2.77. The van der Waals surface area contributed by atoms with Gasteiger partial charge < -0.3 is 24.4 Å². The second-order valence-electron chi connectivity index (χ2n) is 4.20. The van der Waals surface area contributed by atoms with Gasteiger partial charge in [0.1, 0.15) is 13.2 Å². The van der Waals surface area contributed by atoms with E-state index in [0.29, 0.717) is 11.1 Å². The Morgan fingerprint density at radius 1 is 1.00 bits per heavy atom. The Morgan fingerprint density at radius 3 is 1.76 bits per heavy atom. The molecule has 0 amide bonds. The van der Waals surface area contributed by atoms with E-state index >= 15 is 0 Å². The van der Waals surface area contributed by atoms with Crippen LogP contribution in [-0.2, 0) is 28.6 Å². The second-order valence-corrected chi connectivity index (χ2v) is 4.20. The standard InChI is InChI=1S/C6H10O3.C6H10O2.C5H8O3/c1-5(2)6(8)9-4-3-7;1-4-5(2)6(7)8-3;1-2-5(7)8-4-3-6/h7H,1,3-4H2,2H3;4H,1-3H3;2,6H,1,3-4H2. The minimum Gasteiger partial charge on any atom is -0.466 e. The van der Waals surface area contributed by atoms with Crippen LogP contribution in [0.1, 0.15) is 20.8 Å². The quantitative estimate of drug-likeness (QED) is 0.391. The average molecular weight is 360 g/mol. The van der Waals surface area contributed by atoms with E-state index < -0.39 is 11.9 Å². The summed E-state index contributed by atoms with van der Waals surface area (Å²) in [5.74, 6) is -1.21. The molecule has 0 aromatic carbocycles. The van der Waals surface area contributed by atoms with E-state index in [-0.39, 0.29) is 32.4 Å². The van der Waals surface area contributed by atoms with Crippen LogP contribution in [0.25, 0.3) is 0 Å². The van der Waals surface area contributed by atoms with Crippen LogP contribution in [0.2, 0.25) is 0 Å². The second kappa shape index (κ2) is 19.6. The Morgan fingerprint density at radius 2 is 1.48 bits per heavy atom. The average Bonchev–Trinajstić information content (AvgIpc) is 2.63. The van der Waals surface area contributed by atoms with Gasteiger partial charge in [-0.05, 0) is 20.8 Å². The number of aliphatic hydroxyl groups excluding tert-OH is 2. The molecule has 0 aliphatic carbocycles. The molecule has 0 unspecified atom stereocenters. The molecule has 0 aromatic heterocycles. The lowest BCUT2D eigenvalue weighted by Gasteiger charge is -1.99. The van der Waals surface area contributed by atoms with Crippen molar-refractivity contribution >= 4 is 17.9 Å². The van der Waals surface area contributed by atoms with Crippen molar-refractivity contribution in [2.75, 3.05) is 33.5 Å². The first-order valence-electron chi connectivity index (χ1n) is 7.26. The molecule has 0 fully saturated rings. The van der Waals surface area contributed by atoms with Crippen LogP contribution in [0, 0.1) is 0 Å². The lowest BCUT2D eigenvalue weighted by Crippen LogP contribution is -2.08. The first-order chi connectivity index (χ1) is 11.7. The van der Waals surface area contributed by atoms with Crippen molar-refractivity contribution in [3.63, 3.8) is 0 Å². The van der Waals surface area contributed by atoms with E-state index in [0.717, 1.165) is 6.08 Å². The fraction of sp³-hybridized carbons (Fsp3) is 0.471. The van der Waals surface area contributed by atoms with E-state index in [1.165, 1.54) is 7.11 Å². The highest BCUT2D eigenvalue weighted by molar-refractivity contribution is 5.87. The van der Waals surface area contributed by atoms with Gasteiger partial charge in [0.05, 0.1) is 20.3 Å². The molecule has 0 radical (unpaired) electrons. The summed E-state index contributed by atoms with van der Waals surface area (Å²) in [5, 5.41) is 16.3. The molecule has 0 bridgehead atoms. The first-order valence-corrected chi connectivity index (χ1v) is 7.26. The number of hydrogen-bond acceptors (Lipinski definition) is 8. The normalized spacial score (nSPS) is 9.28. The Labute approximate surface area is 148 Å². The molecule has 0 saturated heterocycles. The van der Waals surface area contributed by atoms with Gasteiger partial charge >= 0.3 is 17.9 Å². The third kappa shape index (κ3) is 21.6. The van der Waals surface area contributed by atoms with Crippen LogP contribution >= 0.6 is 0 Å². The number of ether oxygens (including phenoxy) is 3. The molecule has 0 aliphatic heterocycles. The van der Waals surface area contributed by atoms with E-state index in [1.807, 2.05) is 0 Å². The topological polar surface area (TPSA) is 119 Å². The van der Waals surface area contributed by atoms with Crippen molar-refractivity contribution in [1.29, 1.82) is 0 Å². The minimum absolute atomic E-state index is 0.0465. The van der Waals surface area contributed by atoms with Gasteiger partial charge in [0, 0.05) is 17.2 Å². The molecular weight excluding hydrogens is 332 g/mol. The summed E-state index contributed by atoms with van der Waals surface area (Å²) in [7, 11) is 1.37. The zero-order chi connectivity index (χ0) is 20.3. The van der Waals surface area contributed by atoms with Crippen LogP contribution in [0.4, 0.5) is 0 Å². The molecule has 0 aliphatic rings. The maximum atomic E-state index is 10.5. The molecule has 0 saturated carbocycles.